The quantitative estimate of drug-likeness (QED) is 0.678. The molecular weight excluding hydrogens is 344 g/mol. The van der Waals surface area contributed by atoms with Gasteiger partial charge in [-0.1, -0.05) is 12.1 Å². The van der Waals surface area contributed by atoms with E-state index in [1.807, 2.05) is 28.4 Å². The Hall–Kier alpha value is -2.65. The van der Waals surface area contributed by atoms with Crippen LogP contribution in [-0.2, 0) is 12.8 Å². The Bertz CT molecular complexity index is 922. The van der Waals surface area contributed by atoms with Crippen LogP contribution in [0.3, 0.4) is 0 Å². The molecule has 1 aliphatic rings. The van der Waals surface area contributed by atoms with Gasteiger partial charge in [-0.3, -0.25) is 0 Å². The van der Waals surface area contributed by atoms with Gasteiger partial charge in [0, 0.05) is 35.9 Å². The lowest BCUT2D eigenvalue weighted by Gasteiger charge is -2.21. The molecule has 3 aromatic rings. The third kappa shape index (κ3) is 3.11. The molecule has 0 amide bonds. The summed E-state index contributed by atoms with van der Waals surface area (Å²) in [5.74, 6) is 1.12. The largest absolute Gasteiger partial charge is 0.497 e. The Morgan fingerprint density at radius 1 is 1.35 bits per heavy atom. The molecular formula is C20H20N4OS. The first kappa shape index (κ1) is 16.8. The van der Waals surface area contributed by atoms with Crippen molar-refractivity contribution in [3.63, 3.8) is 0 Å². The third-order valence-electron chi connectivity index (χ3n) is 4.94. The molecule has 6 heteroatoms. The Morgan fingerprint density at radius 3 is 2.88 bits per heavy atom. The Kier molecular flexibility index (Phi) is 4.72. The monoisotopic (exact) mass is 364 g/mol. The first-order valence-corrected chi connectivity index (χ1v) is 9.68. The van der Waals surface area contributed by atoms with Crippen molar-refractivity contribution in [3.8, 4) is 17.0 Å². The molecule has 26 heavy (non-hydrogen) atoms. The molecule has 0 radical (unpaired) electrons. The molecule has 0 spiro atoms. The van der Waals surface area contributed by atoms with Crippen molar-refractivity contribution >= 4 is 11.3 Å². The molecule has 0 N–H and O–H groups in total. The summed E-state index contributed by atoms with van der Waals surface area (Å²) < 4.78 is 7.25. The summed E-state index contributed by atoms with van der Waals surface area (Å²) in [7, 11) is 1.67. The van der Waals surface area contributed by atoms with E-state index in [1.165, 1.54) is 16.8 Å². The van der Waals surface area contributed by atoms with Gasteiger partial charge in [0.25, 0.3) is 0 Å². The summed E-state index contributed by atoms with van der Waals surface area (Å²) in [4.78, 5) is 4.45. The van der Waals surface area contributed by atoms with E-state index < -0.39 is 0 Å². The minimum atomic E-state index is 0.269. The second-order valence-corrected chi connectivity index (χ2v) is 7.38. The maximum atomic E-state index is 9.27. The van der Waals surface area contributed by atoms with E-state index in [4.69, 9.17) is 9.84 Å². The van der Waals surface area contributed by atoms with Crippen molar-refractivity contribution in [1.82, 2.24) is 14.8 Å². The van der Waals surface area contributed by atoms with E-state index in [9.17, 15) is 5.26 Å². The number of benzene rings is 1. The summed E-state index contributed by atoms with van der Waals surface area (Å²) in [5, 5.41) is 17.1. The topological polar surface area (TPSA) is 63.7 Å². The molecule has 0 saturated heterocycles. The first-order valence-electron chi connectivity index (χ1n) is 8.80. The van der Waals surface area contributed by atoms with Gasteiger partial charge < -0.3 is 4.74 Å². The highest BCUT2D eigenvalue weighted by molar-refractivity contribution is 7.12. The van der Waals surface area contributed by atoms with E-state index in [1.54, 1.807) is 18.4 Å². The minimum absolute atomic E-state index is 0.269. The van der Waals surface area contributed by atoms with Crippen molar-refractivity contribution in [2.45, 2.75) is 38.0 Å². The second-order valence-electron chi connectivity index (χ2n) is 6.51. The molecule has 1 aliphatic carbocycles. The molecule has 0 aliphatic heterocycles. The molecule has 0 saturated carbocycles. The minimum Gasteiger partial charge on any atom is -0.497 e. The fourth-order valence-electron chi connectivity index (χ4n) is 3.75. The lowest BCUT2D eigenvalue weighted by molar-refractivity contribution is 0.414. The molecule has 0 fully saturated rings. The van der Waals surface area contributed by atoms with Crippen LogP contribution >= 0.6 is 11.3 Å². The first-order chi connectivity index (χ1) is 12.8. The van der Waals surface area contributed by atoms with Gasteiger partial charge in [-0.05, 0) is 37.0 Å². The summed E-state index contributed by atoms with van der Waals surface area (Å²) in [6.45, 7) is 0. The smallest absolute Gasteiger partial charge is 0.210 e. The molecule has 1 aromatic carbocycles. The van der Waals surface area contributed by atoms with Gasteiger partial charge in [0.2, 0.25) is 5.13 Å². The van der Waals surface area contributed by atoms with Gasteiger partial charge in [0.1, 0.15) is 5.75 Å². The number of ether oxygens (including phenoxy) is 1. The maximum Gasteiger partial charge on any atom is 0.210 e. The van der Waals surface area contributed by atoms with E-state index in [2.05, 4.69) is 23.2 Å². The molecule has 2 aromatic heterocycles. The average molecular weight is 364 g/mol. The molecule has 1 unspecified atom stereocenters. The van der Waals surface area contributed by atoms with Crippen LogP contribution in [0.15, 0.2) is 35.8 Å². The molecule has 2 heterocycles. The molecule has 4 rings (SSSR count). The van der Waals surface area contributed by atoms with Gasteiger partial charge >= 0.3 is 0 Å². The zero-order valence-corrected chi connectivity index (χ0v) is 15.5. The number of nitrogens with zero attached hydrogens (tertiary/aromatic N) is 4. The van der Waals surface area contributed by atoms with Crippen molar-refractivity contribution in [2.75, 3.05) is 7.11 Å². The van der Waals surface area contributed by atoms with Gasteiger partial charge in [0.05, 0.1) is 24.6 Å². The number of hydrogen-bond donors (Lipinski definition) is 0. The fourth-order valence-corrected chi connectivity index (χ4v) is 4.36. The average Bonchev–Trinajstić information content (AvgIpc) is 3.31. The van der Waals surface area contributed by atoms with Crippen molar-refractivity contribution < 1.29 is 4.74 Å². The number of nitriles is 1. The lowest BCUT2D eigenvalue weighted by Crippen LogP contribution is -2.12. The summed E-state index contributed by atoms with van der Waals surface area (Å²) >= 11 is 1.60. The summed E-state index contributed by atoms with van der Waals surface area (Å²) in [6.07, 6.45) is 6.26. The molecule has 1 atom stereocenters. The zero-order valence-electron chi connectivity index (χ0n) is 14.7. The van der Waals surface area contributed by atoms with Crippen LogP contribution in [0, 0.1) is 11.3 Å². The normalized spacial score (nSPS) is 16.1. The molecule has 132 valence electrons. The van der Waals surface area contributed by atoms with Gasteiger partial charge in [-0.25, -0.2) is 9.67 Å². The molecule has 0 bridgehead atoms. The predicted molar refractivity (Wildman–Crippen MR) is 101 cm³/mol. The van der Waals surface area contributed by atoms with Gasteiger partial charge in [-0.15, -0.1) is 11.3 Å². The van der Waals surface area contributed by atoms with Gasteiger partial charge in [-0.2, -0.15) is 10.4 Å². The summed E-state index contributed by atoms with van der Waals surface area (Å²) in [6, 6.07) is 10.5. The molecule has 5 nitrogen and oxygen atoms in total. The van der Waals surface area contributed by atoms with Crippen LogP contribution < -0.4 is 4.74 Å². The van der Waals surface area contributed by atoms with Crippen LogP contribution in [0.1, 0.15) is 47.7 Å². The van der Waals surface area contributed by atoms with E-state index >= 15 is 0 Å². The fraction of sp³-hybridized carbons (Fsp3) is 0.350. The highest BCUT2D eigenvalue weighted by Crippen LogP contribution is 2.38. The number of rotatable bonds is 5. The van der Waals surface area contributed by atoms with Gasteiger partial charge in [0.15, 0.2) is 0 Å². The van der Waals surface area contributed by atoms with Crippen LogP contribution in [0.2, 0.25) is 0 Å². The summed E-state index contributed by atoms with van der Waals surface area (Å²) in [5.41, 5.74) is 4.76. The van der Waals surface area contributed by atoms with Crippen molar-refractivity contribution in [3.05, 3.63) is 58.4 Å². The maximum absolute atomic E-state index is 9.27. The standard InChI is InChI=1S/C20H20N4OS/c1-25-16-7-5-14(6-8-16)13-17-19-15(9-10-21)3-2-4-18(19)24(23-17)20-22-11-12-26-20/h5-8,11-12,15H,2-4,9,13H2,1H3. The predicted octanol–water partition coefficient (Wildman–Crippen LogP) is 4.26. The highest BCUT2D eigenvalue weighted by atomic mass is 32.1. The Balaban J connectivity index is 1.76. The van der Waals surface area contributed by atoms with E-state index in [0.29, 0.717) is 6.42 Å². The van der Waals surface area contributed by atoms with Crippen LogP contribution in [-0.4, -0.2) is 21.9 Å². The van der Waals surface area contributed by atoms with Crippen LogP contribution in [0.5, 0.6) is 5.75 Å². The van der Waals surface area contributed by atoms with Crippen LogP contribution in [0.25, 0.3) is 5.13 Å². The van der Waals surface area contributed by atoms with Crippen LogP contribution in [0.4, 0.5) is 0 Å². The number of fused-ring (bicyclic) bond motifs is 1. The number of methoxy groups -OCH3 is 1. The third-order valence-corrected chi connectivity index (χ3v) is 5.69. The number of hydrogen-bond acceptors (Lipinski definition) is 5. The number of thiazole rings is 1. The second kappa shape index (κ2) is 7.30. The van der Waals surface area contributed by atoms with E-state index in [0.717, 1.165) is 42.3 Å². The SMILES string of the molecule is COc1ccc(Cc2nn(-c3nccs3)c3c2C(CC#N)CCC3)cc1. The van der Waals surface area contributed by atoms with Crippen molar-refractivity contribution in [1.29, 1.82) is 5.26 Å². The Labute approximate surface area is 156 Å². The number of aromatic nitrogens is 3. The Morgan fingerprint density at radius 2 is 2.19 bits per heavy atom. The highest BCUT2D eigenvalue weighted by Gasteiger charge is 2.29. The van der Waals surface area contributed by atoms with E-state index in [-0.39, 0.29) is 5.92 Å². The zero-order chi connectivity index (χ0) is 17.9. The van der Waals surface area contributed by atoms with Crippen molar-refractivity contribution in [2.24, 2.45) is 0 Å². The lowest BCUT2D eigenvalue weighted by atomic mass is 9.82.